The van der Waals surface area contributed by atoms with Gasteiger partial charge in [0.2, 0.25) is 0 Å². The molecule has 3 rings (SSSR count). The molecule has 0 unspecified atom stereocenters. The molecule has 3 heterocycles. The van der Waals surface area contributed by atoms with Gasteiger partial charge in [0.25, 0.3) is 0 Å². The molecule has 9 heteroatoms. The maximum Gasteiger partial charge on any atom is 0.181 e. The highest BCUT2D eigenvalue weighted by Crippen LogP contribution is 2.32. The fraction of sp³-hybridized carbons (Fsp3) is 0.500. The number of fused-ring (bicyclic) bond motifs is 1. The highest BCUT2D eigenvalue weighted by atomic mass is 16.6. The third-order valence-electron chi connectivity index (χ3n) is 3.66. The van der Waals surface area contributed by atoms with Crippen molar-refractivity contribution in [1.82, 2.24) is 14.8 Å². The molecule has 0 bridgehead atoms. The molecule has 9 nitrogen and oxygen atoms in total. The smallest absolute Gasteiger partial charge is 0.181 e. The molecular formula is C14H19N5O4. The number of aromatic nitrogens is 3. The summed E-state index contributed by atoms with van der Waals surface area (Å²) in [4.78, 5) is 4.26. The van der Waals surface area contributed by atoms with Gasteiger partial charge in [0, 0.05) is 11.9 Å². The van der Waals surface area contributed by atoms with Crippen LogP contribution < -0.4 is 5.43 Å². The molecule has 0 amide bonds. The van der Waals surface area contributed by atoms with E-state index in [2.05, 4.69) is 20.6 Å². The lowest BCUT2D eigenvalue weighted by molar-refractivity contribution is -0.0566. The van der Waals surface area contributed by atoms with Crippen LogP contribution in [0.3, 0.4) is 0 Å². The quantitative estimate of drug-likeness (QED) is 0.456. The molecule has 0 aromatic carbocycles. The van der Waals surface area contributed by atoms with Gasteiger partial charge in [-0.3, -0.25) is 5.43 Å². The van der Waals surface area contributed by atoms with E-state index < -0.39 is 31.1 Å². The van der Waals surface area contributed by atoms with Gasteiger partial charge in [-0.25, -0.2) is 9.67 Å². The molecule has 1 aliphatic heterocycles. The Labute approximate surface area is 132 Å². The van der Waals surface area contributed by atoms with Crippen molar-refractivity contribution >= 4 is 22.4 Å². The van der Waals surface area contributed by atoms with Gasteiger partial charge in [-0.2, -0.15) is 10.2 Å². The number of hydrazone groups is 1. The van der Waals surface area contributed by atoms with Crippen LogP contribution in [-0.2, 0) is 4.74 Å². The van der Waals surface area contributed by atoms with Crippen LogP contribution in [-0.4, -0.2) is 60.7 Å². The molecule has 2 aromatic heterocycles. The minimum atomic E-state index is -1.20. The first-order valence-corrected chi connectivity index (χ1v) is 7.24. The van der Waals surface area contributed by atoms with Crippen LogP contribution in [0.2, 0.25) is 0 Å². The largest absolute Gasteiger partial charge is 0.394 e. The van der Waals surface area contributed by atoms with Crippen LogP contribution in [0.15, 0.2) is 23.6 Å². The van der Waals surface area contributed by atoms with E-state index in [1.54, 1.807) is 18.5 Å². The van der Waals surface area contributed by atoms with E-state index in [1.807, 2.05) is 13.8 Å². The second kappa shape index (κ2) is 6.20. The van der Waals surface area contributed by atoms with Gasteiger partial charge >= 0.3 is 0 Å². The lowest BCUT2D eigenvalue weighted by atomic mass is 10.1. The number of aliphatic hydroxyl groups excluding tert-OH is 3. The first kappa shape index (κ1) is 15.8. The van der Waals surface area contributed by atoms with Crippen molar-refractivity contribution in [3.8, 4) is 0 Å². The van der Waals surface area contributed by atoms with E-state index in [-0.39, 0.29) is 0 Å². The van der Waals surface area contributed by atoms with Crippen molar-refractivity contribution in [2.24, 2.45) is 5.10 Å². The molecule has 124 valence electrons. The molecule has 0 radical (unpaired) electrons. The lowest BCUT2D eigenvalue weighted by Crippen LogP contribution is -2.33. The molecule has 1 aliphatic rings. The predicted octanol–water partition coefficient (Wildman–Crippen LogP) is -0.149. The van der Waals surface area contributed by atoms with Crippen LogP contribution in [0, 0.1) is 0 Å². The fourth-order valence-corrected chi connectivity index (χ4v) is 2.48. The number of hydrogen-bond donors (Lipinski definition) is 4. The molecule has 1 fully saturated rings. The number of ether oxygens (including phenoxy) is 1. The van der Waals surface area contributed by atoms with Gasteiger partial charge in [0.15, 0.2) is 11.9 Å². The highest BCUT2D eigenvalue weighted by Gasteiger charge is 2.44. The molecule has 4 N–H and O–H groups in total. The number of rotatable bonds is 4. The molecular weight excluding hydrogens is 302 g/mol. The molecule has 4 atom stereocenters. The number of hydrogen-bond acceptors (Lipinski definition) is 8. The Bertz CT molecular complexity index is 727. The molecule has 1 saturated heterocycles. The number of nitrogens with zero attached hydrogens (tertiary/aromatic N) is 4. The Morgan fingerprint density at radius 3 is 2.83 bits per heavy atom. The summed E-state index contributed by atoms with van der Waals surface area (Å²) in [6.07, 6.45) is -0.992. The van der Waals surface area contributed by atoms with Gasteiger partial charge in [-0.1, -0.05) is 0 Å². The van der Waals surface area contributed by atoms with Gasteiger partial charge in [-0.05, 0) is 19.9 Å². The van der Waals surface area contributed by atoms with Crippen LogP contribution in [0.4, 0.5) is 5.69 Å². The maximum atomic E-state index is 10.1. The fourth-order valence-electron chi connectivity index (χ4n) is 2.48. The second-order valence-corrected chi connectivity index (χ2v) is 5.58. The number of nitrogens with one attached hydrogen (secondary N) is 1. The summed E-state index contributed by atoms with van der Waals surface area (Å²) in [6, 6.07) is 1.76. The third kappa shape index (κ3) is 2.79. The van der Waals surface area contributed by atoms with Gasteiger partial charge in [0.05, 0.1) is 23.9 Å². The van der Waals surface area contributed by atoms with Crippen LogP contribution in [0.1, 0.15) is 20.1 Å². The normalized spacial score (nSPS) is 27.3. The zero-order valence-electron chi connectivity index (χ0n) is 12.8. The van der Waals surface area contributed by atoms with Crippen molar-refractivity contribution in [2.75, 3.05) is 12.0 Å². The first-order valence-electron chi connectivity index (χ1n) is 7.24. The van der Waals surface area contributed by atoms with Crippen molar-refractivity contribution in [1.29, 1.82) is 0 Å². The van der Waals surface area contributed by atoms with E-state index in [4.69, 9.17) is 4.74 Å². The Hall–Kier alpha value is -2.07. The minimum Gasteiger partial charge on any atom is -0.394 e. The number of pyridine rings is 1. The van der Waals surface area contributed by atoms with E-state index in [9.17, 15) is 15.3 Å². The average Bonchev–Trinajstić information content (AvgIpc) is 3.08. The minimum absolute atomic E-state index is 0.390. The van der Waals surface area contributed by atoms with Gasteiger partial charge < -0.3 is 20.1 Å². The number of aliphatic hydroxyl groups is 3. The summed E-state index contributed by atoms with van der Waals surface area (Å²) in [6.45, 7) is 3.35. The van der Waals surface area contributed by atoms with Crippen molar-refractivity contribution < 1.29 is 20.1 Å². The van der Waals surface area contributed by atoms with Crippen molar-refractivity contribution in [2.45, 2.75) is 38.4 Å². The zero-order chi connectivity index (χ0) is 16.6. The summed E-state index contributed by atoms with van der Waals surface area (Å²) < 4.78 is 6.88. The van der Waals surface area contributed by atoms with Crippen molar-refractivity contribution in [3.63, 3.8) is 0 Å². The summed E-state index contributed by atoms with van der Waals surface area (Å²) >= 11 is 0. The van der Waals surface area contributed by atoms with Gasteiger partial charge in [0.1, 0.15) is 18.3 Å². The second-order valence-electron chi connectivity index (χ2n) is 5.58. The van der Waals surface area contributed by atoms with Crippen LogP contribution >= 0.6 is 0 Å². The average molecular weight is 321 g/mol. The molecule has 0 aliphatic carbocycles. The maximum absolute atomic E-state index is 10.1. The first-order chi connectivity index (χ1) is 11.0. The van der Waals surface area contributed by atoms with Crippen LogP contribution in [0.5, 0.6) is 0 Å². The SMILES string of the molecule is CC(C)=NNc1ccnc2c1cnn2[C@@H]1O[C@H](CO)[C@@H](O)[C@H]1O. The van der Waals surface area contributed by atoms with Gasteiger partial charge in [-0.15, -0.1) is 0 Å². The Morgan fingerprint density at radius 2 is 2.17 bits per heavy atom. The van der Waals surface area contributed by atoms with E-state index in [0.29, 0.717) is 16.7 Å². The topological polar surface area (TPSA) is 125 Å². The summed E-state index contributed by atoms with van der Waals surface area (Å²) in [5.74, 6) is 0. The van der Waals surface area contributed by atoms with E-state index in [0.717, 1.165) is 5.71 Å². The molecule has 0 saturated carbocycles. The standard InChI is InChI=1S/C14H19N5O4/c1-7(2)17-18-9-3-4-15-13-8(9)5-16-19(13)14-12(22)11(21)10(6-20)23-14/h3-5,10-12,14,20-22H,6H2,1-2H3,(H,15,18)/t10-,11-,12-,14-/m1/s1. The van der Waals surface area contributed by atoms with Crippen molar-refractivity contribution in [3.05, 3.63) is 18.5 Å². The Balaban J connectivity index is 1.97. The van der Waals surface area contributed by atoms with E-state index in [1.165, 1.54) is 4.68 Å². The summed E-state index contributed by atoms with van der Waals surface area (Å²) in [7, 11) is 0. The monoisotopic (exact) mass is 321 g/mol. The summed E-state index contributed by atoms with van der Waals surface area (Å²) in [5, 5.41) is 38.2. The Kier molecular flexibility index (Phi) is 4.26. The van der Waals surface area contributed by atoms with E-state index >= 15 is 0 Å². The number of anilines is 1. The van der Waals surface area contributed by atoms with Crippen LogP contribution in [0.25, 0.3) is 11.0 Å². The zero-order valence-corrected chi connectivity index (χ0v) is 12.8. The molecule has 23 heavy (non-hydrogen) atoms. The predicted molar refractivity (Wildman–Crippen MR) is 82.9 cm³/mol. The summed E-state index contributed by atoms with van der Waals surface area (Å²) in [5.41, 5.74) is 5.00. The lowest BCUT2D eigenvalue weighted by Gasteiger charge is -2.15. The Morgan fingerprint density at radius 1 is 1.39 bits per heavy atom. The highest BCUT2D eigenvalue weighted by molar-refractivity contribution is 5.89. The third-order valence-corrected chi connectivity index (χ3v) is 3.66. The molecule has 2 aromatic rings. The molecule has 0 spiro atoms.